The number of hydrogen-bond acceptors (Lipinski definition) is 6. The Morgan fingerprint density at radius 2 is 1.86 bits per heavy atom. The van der Waals surface area contributed by atoms with Crippen molar-refractivity contribution in [2.45, 2.75) is 49.9 Å². The number of halogens is 4. The maximum atomic E-state index is 13.6. The van der Waals surface area contributed by atoms with E-state index in [4.69, 9.17) is 22.2 Å². The number of anilines is 2. The van der Waals surface area contributed by atoms with Gasteiger partial charge in [-0.1, -0.05) is 0 Å². The van der Waals surface area contributed by atoms with Crippen molar-refractivity contribution in [3.63, 3.8) is 0 Å². The number of alkyl halides is 3. The topological polar surface area (TPSA) is 72.7 Å². The van der Waals surface area contributed by atoms with Crippen molar-refractivity contribution in [2.24, 2.45) is 0 Å². The third-order valence-corrected chi connectivity index (χ3v) is 8.01. The van der Waals surface area contributed by atoms with Crippen molar-refractivity contribution < 1.29 is 22.7 Å². The van der Waals surface area contributed by atoms with Gasteiger partial charge in [-0.3, -0.25) is 9.69 Å². The second kappa shape index (κ2) is 9.28. The maximum Gasteiger partial charge on any atom is 0.417 e. The summed E-state index contributed by atoms with van der Waals surface area (Å²) in [7, 11) is 0. The number of carbonyl (C=O) groups is 1. The van der Waals surface area contributed by atoms with Crippen molar-refractivity contribution in [1.29, 1.82) is 5.26 Å². The molecule has 3 fully saturated rings. The highest BCUT2D eigenvalue weighted by atomic mass is 79.9. The molecule has 2 aromatic rings. The van der Waals surface area contributed by atoms with Gasteiger partial charge in [-0.2, -0.15) is 18.4 Å². The second-order valence-corrected chi connectivity index (χ2v) is 10.4. The highest BCUT2D eigenvalue weighted by molar-refractivity contribution is 9.07. The third kappa shape index (κ3) is 4.23. The number of nitriles is 1. The molecule has 0 radical (unpaired) electrons. The van der Waals surface area contributed by atoms with Crippen molar-refractivity contribution in [2.75, 3.05) is 22.9 Å². The van der Waals surface area contributed by atoms with E-state index in [0.29, 0.717) is 24.4 Å². The van der Waals surface area contributed by atoms with Crippen LogP contribution in [0.1, 0.15) is 43.2 Å². The summed E-state index contributed by atoms with van der Waals surface area (Å²) in [5, 5.41) is 9.20. The molecule has 2 saturated heterocycles. The molecule has 5 rings (SSSR count). The monoisotopic (exact) mass is 579 g/mol. The molecule has 1 amide bonds. The first-order valence-electron chi connectivity index (χ1n) is 11.5. The van der Waals surface area contributed by atoms with Crippen LogP contribution < -0.4 is 14.5 Å². The van der Waals surface area contributed by atoms with Crippen molar-refractivity contribution in [3.8, 4) is 11.9 Å². The molecule has 1 aromatic carbocycles. The molecule has 1 spiro atoms. The van der Waals surface area contributed by atoms with Gasteiger partial charge in [0.2, 0.25) is 5.88 Å². The highest BCUT2D eigenvalue weighted by Crippen LogP contribution is 2.48. The number of amides is 1. The third-order valence-electron chi connectivity index (χ3n) is 6.93. The zero-order valence-corrected chi connectivity index (χ0v) is 21.4. The van der Waals surface area contributed by atoms with Gasteiger partial charge in [-0.15, -0.1) is 0 Å². The van der Waals surface area contributed by atoms with Crippen LogP contribution in [0, 0.1) is 11.3 Å². The Hall–Kier alpha value is -2.75. The number of carbonyl (C=O) groups excluding carboxylic acids is 1. The summed E-state index contributed by atoms with van der Waals surface area (Å²) in [6.45, 7) is 1.74. The fourth-order valence-electron chi connectivity index (χ4n) is 4.90. The Morgan fingerprint density at radius 1 is 1.17 bits per heavy atom. The van der Waals surface area contributed by atoms with Crippen molar-refractivity contribution in [3.05, 3.63) is 47.7 Å². The van der Waals surface area contributed by atoms with E-state index in [1.165, 1.54) is 6.07 Å². The molecule has 0 atom stereocenters. The molecule has 1 aromatic heterocycles. The lowest BCUT2D eigenvalue weighted by Gasteiger charge is -2.42. The fourth-order valence-corrected chi connectivity index (χ4v) is 5.78. The van der Waals surface area contributed by atoms with Crippen LogP contribution in [0.2, 0.25) is 0 Å². The molecule has 2 aliphatic heterocycles. The first-order valence-corrected chi connectivity index (χ1v) is 12.6. The van der Waals surface area contributed by atoms with Crippen LogP contribution in [-0.2, 0) is 11.0 Å². The number of pyridine rings is 1. The zero-order chi connectivity index (χ0) is 25.7. The lowest BCUT2D eigenvalue weighted by atomic mass is 9.75. The van der Waals surface area contributed by atoms with Crippen LogP contribution in [-0.4, -0.2) is 44.7 Å². The molecule has 0 bridgehead atoms. The first kappa shape index (κ1) is 24.9. The van der Waals surface area contributed by atoms with Gasteiger partial charge in [-0.25, -0.2) is 8.91 Å². The van der Waals surface area contributed by atoms with E-state index in [1.807, 2.05) is 0 Å². The summed E-state index contributed by atoms with van der Waals surface area (Å²) in [4.78, 5) is 20.8. The summed E-state index contributed by atoms with van der Waals surface area (Å²) in [6, 6.07) is 8.25. The van der Waals surface area contributed by atoms with Crippen LogP contribution in [0.3, 0.4) is 0 Å². The van der Waals surface area contributed by atoms with Gasteiger partial charge in [0.15, 0.2) is 5.11 Å². The smallest absolute Gasteiger partial charge is 0.417 e. The van der Waals surface area contributed by atoms with Crippen LogP contribution in [0.25, 0.3) is 0 Å². The normalized spacial score (nSPS) is 20.5. The van der Waals surface area contributed by atoms with E-state index >= 15 is 0 Å². The molecule has 12 heteroatoms. The number of ether oxygens (including phenoxy) is 1. The predicted octanol–water partition coefficient (Wildman–Crippen LogP) is 5.19. The molecule has 3 heterocycles. The number of aromatic nitrogens is 1. The molecular weight excluding hydrogens is 559 g/mol. The molecule has 0 N–H and O–H groups in total. The quantitative estimate of drug-likeness (QED) is 0.365. The summed E-state index contributed by atoms with van der Waals surface area (Å²) in [6.07, 6.45) is 0.453. The minimum Gasteiger partial charge on any atom is -0.474 e. The van der Waals surface area contributed by atoms with Gasteiger partial charge >= 0.3 is 6.18 Å². The van der Waals surface area contributed by atoms with Gasteiger partial charge in [0.25, 0.3) is 5.91 Å². The Kier molecular flexibility index (Phi) is 6.43. The standard InChI is InChI=1S/C24H21BrF3N5O2S/c25-31-10-6-18(7-11-31)35-20-5-4-17(14-30-20)33-22(36)32(21(34)23(33)8-1-9-23)16-3-2-15(13-29)19(12-16)24(26,27)28/h2-5,12,14,18H,1,6-11H2. The molecular formula is C24H21BrF3N5O2S. The van der Waals surface area contributed by atoms with Crippen molar-refractivity contribution in [1.82, 2.24) is 8.91 Å². The number of hydrogen-bond donors (Lipinski definition) is 0. The van der Waals surface area contributed by atoms with E-state index in [9.17, 15) is 18.0 Å². The van der Waals surface area contributed by atoms with E-state index < -0.39 is 22.8 Å². The Bertz CT molecular complexity index is 1240. The Labute approximate surface area is 219 Å². The Morgan fingerprint density at radius 3 is 2.42 bits per heavy atom. The SMILES string of the molecule is N#Cc1ccc(N2C(=O)C3(CCC3)N(c3ccc(OC4CCN(Br)CC4)nc3)C2=S)cc1C(F)(F)F. The largest absolute Gasteiger partial charge is 0.474 e. The van der Waals surface area contributed by atoms with Gasteiger partial charge < -0.3 is 9.64 Å². The van der Waals surface area contributed by atoms with Crippen LogP contribution in [0.5, 0.6) is 5.88 Å². The Balaban J connectivity index is 1.43. The summed E-state index contributed by atoms with van der Waals surface area (Å²) in [5.74, 6) is 0.0862. The fraction of sp³-hybridized carbons (Fsp3) is 0.417. The number of benzene rings is 1. The molecule has 3 aliphatic rings. The van der Waals surface area contributed by atoms with E-state index in [-0.39, 0.29) is 22.8 Å². The number of rotatable bonds is 4. The first-order chi connectivity index (χ1) is 17.1. The zero-order valence-electron chi connectivity index (χ0n) is 19.0. The maximum absolute atomic E-state index is 13.6. The molecule has 36 heavy (non-hydrogen) atoms. The molecule has 1 aliphatic carbocycles. The number of piperidine rings is 1. The van der Waals surface area contributed by atoms with Crippen LogP contribution >= 0.6 is 28.4 Å². The van der Waals surface area contributed by atoms with Crippen molar-refractivity contribution >= 4 is 50.8 Å². The minimum absolute atomic E-state index is 0.0175. The minimum atomic E-state index is -4.75. The molecule has 7 nitrogen and oxygen atoms in total. The summed E-state index contributed by atoms with van der Waals surface area (Å²) in [5.41, 5.74) is -2.02. The van der Waals surface area contributed by atoms with E-state index in [2.05, 4.69) is 25.1 Å². The van der Waals surface area contributed by atoms with E-state index in [0.717, 1.165) is 49.4 Å². The molecule has 1 saturated carbocycles. The average Bonchev–Trinajstić information content (AvgIpc) is 3.07. The lowest BCUT2D eigenvalue weighted by Crippen LogP contribution is -2.55. The molecule has 188 valence electrons. The summed E-state index contributed by atoms with van der Waals surface area (Å²) >= 11 is 9.11. The van der Waals surface area contributed by atoms with Gasteiger partial charge in [0.1, 0.15) is 11.6 Å². The molecule has 0 unspecified atom stereocenters. The van der Waals surface area contributed by atoms with Gasteiger partial charge in [-0.05, 0) is 68.6 Å². The van der Waals surface area contributed by atoms with E-state index in [1.54, 1.807) is 29.3 Å². The average molecular weight is 580 g/mol. The van der Waals surface area contributed by atoms with Gasteiger partial charge in [0, 0.05) is 35.3 Å². The number of nitrogens with zero attached hydrogens (tertiary/aromatic N) is 5. The van der Waals surface area contributed by atoms with Crippen LogP contribution in [0.4, 0.5) is 24.5 Å². The lowest BCUT2D eigenvalue weighted by molar-refractivity contribution is -0.137. The number of thiocarbonyl (C=S) groups is 1. The van der Waals surface area contributed by atoms with Crippen LogP contribution in [0.15, 0.2) is 36.5 Å². The van der Waals surface area contributed by atoms with Gasteiger partial charge in [0.05, 0.1) is 34.8 Å². The predicted molar refractivity (Wildman–Crippen MR) is 134 cm³/mol. The second-order valence-electron chi connectivity index (χ2n) is 9.06. The highest BCUT2D eigenvalue weighted by Gasteiger charge is 2.59. The summed E-state index contributed by atoms with van der Waals surface area (Å²) < 4.78 is 48.8.